The van der Waals surface area contributed by atoms with Crippen LogP contribution in [-0.2, 0) is 4.79 Å². The van der Waals surface area contributed by atoms with Crippen LogP contribution in [0.3, 0.4) is 0 Å². The highest BCUT2D eigenvalue weighted by Gasteiger charge is 2.09. The number of carboxylic acids is 1. The number of aliphatic carboxylic acids is 1. The first-order valence-electron chi connectivity index (χ1n) is 2.73. The summed E-state index contributed by atoms with van der Waals surface area (Å²) in [5, 5.41) is 8.34. The normalized spacial score (nSPS) is 16.2. The lowest BCUT2D eigenvalue weighted by Gasteiger charge is -1.87. The Balaban J connectivity index is 0.000000640. The van der Waals surface area contributed by atoms with Crippen molar-refractivity contribution in [3.05, 3.63) is 11.6 Å². The molecule has 1 aliphatic rings. The topological polar surface area (TPSA) is 37.3 Å². The van der Waals surface area contributed by atoms with Crippen molar-refractivity contribution in [3.63, 3.8) is 0 Å². The fourth-order valence-electron chi connectivity index (χ4n) is 0.865. The molecule has 0 saturated heterocycles. The third kappa shape index (κ3) is 2.06. The highest BCUT2D eigenvalue weighted by molar-refractivity contribution is 5.86. The molecule has 0 heterocycles. The molecule has 0 atom stereocenters. The van der Waals surface area contributed by atoms with Gasteiger partial charge in [0.15, 0.2) is 0 Å². The van der Waals surface area contributed by atoms with Crippen molar-refractivity contribution < 1.29 is 9.90 Å². The first-order chi connectivity index (χ1) is 3.80. The lowest BCUT2D eigenvalue weighted by Crippen LogP contribution is -1.95. The number of halogens is 1. The van der Waals surface area contributed by atoms with Crippen LogP contribution in [0.2, 0.25) is 0 Å². The molecule has 0 bridgehead atoms. The summed E-state index contributed by atoms with van der Waals surface area (Å²) in [6, 6.07) is 0. The molecule has 0 aromatic carbocycles. The molecule has 0 aliphatic heterocycles. The number of carboxylic acid groups (broad SMARTS) is 1. The van der Waals surface area contributed by atoms with E-state index in [0.717, 1.165) is 19.3 Å². The molecular weight excluding hydrogens is 140 g/mol. The van der Waals surface area contributed by atoms with E-state index in [1.165, 1.54) is 0 Å². The van der Waals surface area contributed by atoms with Gasteiger partial charge in [-0.25, -0.2) is 4.79 Å². The smallest absolute Gasteiger partial charge is 0.331 e. The lowest BCUT2D eigenvalue weighted by molar-refractivity contribution is -0.132. The van der Waals surface area contributed by atoms with Crippen molar-refractivity contribution in [3.8, 4) is 0 Å². The van der Waals surface area contributed by atoms with Gasteiger partial charge in [-0.1, -0.05) is 6.08 Å². The molecule has 3 heteroatoms. The van der Waals surface area contributed by atoms with Crippen LogP contribution in [-0.4, -0.2) is 11.1 Å². The van der Waals surface area contributed by atoms with Gasteiger partial charge in [-0.15, -0.1) is 12.4 Å². The maximum absolute atomic E-state index is 10.1. The van der Waals surface area contributed by atoms with E-state index in [0.29, 0.717) is 5.57 Å². The molecule has 1 N–H and O–H groups in total. The van der Waals surface area contributed by atoms with Crippen LogP contribution in [0.4, 0.5) is 0 Å². The molecule has 0 amide bonds. The average molecular weight is 149 g/mol. The number of carbonyl (C=O) groups is 1. The monoisotopic (exact) mass is 148 g/mol. The Morgan fingerprint density at radius 2 is 2.33 bits per heavy atom. The van der Waals surface area contributed by atoms with Gasteiger partial charge in [0.05, 0.1) is 0 Å². The van der Waals surface area contributed by atoms with Crippen molar-refractivity contribution in [1.29, 1.82) is 0 Å². The summed E-state index contributed by atoms with van der Waals surface area (Å²) in [4.78, 5) is 10.1. The second-order valence-electron chi connectivity index (χ2n) is 1.93. The highest BCUT2D eigenvalue weighted by atomic mass is 35.5. The van der Waals surface area contributed by atoms with Gasteiger partial charge in [-0.2, -0.15) is 0 Å². The highest BCUT2D eigenvalue weighted by Crippen LogP contribution is 2.16. The van der Waals surface area contributed by atoms with E-state index in [2.05, 4.69) is 0 Å². The summed E-state index contributed by atoms with van der Waals surface area (Å²) in [6.45, 7) is 0. The Hall–Kier alpha value is -0.500. The SMILES string of the molecule is Cl.O=C(O)C1=CCCC1. The maximum atomic E-state index is 10.1. The fourth-order valence-corrected chi connectivity index (χ4v) is 0.865. The molecule has 0 fully saturated rings. The van der Waals surface area contributed by atoms with Crippen LogP contribution in [0.5, 0.6) is 0 Å². The second-order valence-corrected chi connectivity index (χ2v) is 1.93. The van der Waals surface area contributed by atoms with Crippen LogP contribution >= 0.6 is 12.4 Å². The number of hydrogen-bond donors (Lipinski definition) is 1. The van der Waals surface area contributed by atoms with Gasteiger partial charge in [-0.3, -0.25) is 0 Å². The molecule has 2 nitrogen and oxygen atoms in total. The molecule has 0 spiro atoms. The van der Waals surface area contributed by atoms with Gasteiger partial charge in [0.2, 0.25) is 0 Å². The van der Waals surface area contributed by atoms with E-state index in [1.807, 2.05) is 0 Å². The summed E-state index contributed by atoms with van der Waals surface area (Å²) < 4.78 is 0. The zero-order chi connectivity index (χ0) is 5.98. The first-order valence-corrected chi connectivity index (χ1v) is 2.73. The van der Waals surface area contributed by atoms with Crippen molar-refractivity contribution in [2.24, 2.45) is 0 Å². The van der Waals surface area contributed by atoms with Crippen LogP contribution in [0.15, 0.2) is 11.6 Å². The average Bonchev–Trinajstić information content (AvgIpc) is 2.12. The lowest BCUT2D eigenvalue weighted by atomic mass is 10.2. The summed E-state index contributed by atoms with van der Waals surface area (Å²) in [6.07, 6.45) is 4.51. The molecule has 0 unspecified atom stereocenters. The summed E-state index contributed by atoms with van der Waals surface area (Å²) >= 11 is 0. The number of rotatable bonds is 1. The summed E-state index contributed by atoms with van der Waals surface area (Å²) in [7, 11) is 0. The van der Waals surface area contributed by atoms with Gasteiger partial charge in [-0.05, 0) is 19.3 Å². The largest absolute Gasteiger partial charge is 0.478 e. The molecule has 9 heavy (non-hydrogen) atoms. The van der Waals surface area contributed by atoms with Gasteiger partial charge >= 0.3 is 5.97 Å². The number of allylic oxidation sites excluding steroid dienone is 1. The minimum atomic E-state index is -0.748. The van der Waals surface area contributed by atoms with Gasteiger partial charge < -0.3 is 5.11 Å². The van der Waals surface area contributed by atoms with E-state index in [4.69, 9.17) is 5.11 Å². The van der Waals surface area contributed by atoms with E-state index in [1.54, 1.807) is 6.08 Å². The molecule has 0 saturated carbocycles. The van der Waals surface area contributed by atoms with Crippen LogP contribution in [0, 0.1) is 0 Å². The van der Waals surface area contributed by atoms with E-state index in [9.17, 15) is 4.79 Å². The van der Waals surface area contributed by atoms with Gasteiger partial charge in [0.25, 0.3) is 0 Å². The first kappa shape index (κ1) is 8.50. The molecule has 1 rings (SSSR count). The standard InChI is InChI=1S/C6H8O2.ClH/c7-6(8)5-3-1-2-4-5;/h3H,1-2,4H2,(H,7,8);1H. The van der Waals surface area contributed by atoms with Crippen molar-refractivity contribution in [2.75, 3.05) is 0 Å². The Bertz CT molecular complexity index is 140. The van der Waals surface area contributed by atoms with E-state index >= 15 is 0 Å². The molecule has 0 aromatic heterocycles. The maximum Gasteiger partial charge on any atom is 0.331 e. The Labute approximate surface area is 60.0 Å². The molecular formula is C6H9ClO2. The predicted molar refractivity (Wildman–Crippen MR) is 36.8 cm³/mol. The van der Waals surface area contributed by atoms with Gasteiger partial charge in [0.1, 0.15) is 0 Å². The zero-order valence-corrected chi connectivity index (χ0v) is 5.78. The molecule has 0 aromatic rings. The Morgan fingerprint density at radius 3 is 2.56 bits per heavy atom. The molecule has 52 valence electrons. The second kappa shape index (κ2) is 3.51. The minimum Gasteiger partial charge on any atom is -0.478 e. The van der Waals surface area contributed by atoms with Crippen molar-refractivity contribution in [1.82, 2.24) is 0 Å². The minimum absolute atomic E-state index is 0. The van der Waals surface area contributed by atoms with Crippen LogP contribution < -0.4 is 0 Å². The third-order valence-electron chi connectivity index (χ3n) is 1.32. The third-order valence-corrected chi connectivity index (χ3v) is 1.32. The van der Waals surface area contributed by atoms with Crippen LogP contribution in [0.25, 0.3) is 0 Å². The van der Waals surface area contributed by atoms with Gasteiger partial charge in [0, 0.05) is 5.57 Å². The van der Waals surface area contributed by atoms with Crippen molar-refractivity contribution >= 4 is 18.4 Å². The summed E-state index contributed by atoms with van der Waals surface area (Å²) in [5.41, 5.74) is 0.588. The number of hydrogen-bond acceptors (Lipinski definition) is 1. The summed E-state index contributed by atoms with van der Waals surface area (Å²) in [5.74, 6) is -0.748. The quantitative estimate of drug-likeness (QED) is 0.614. The van der Waals surface area contributed by atoms with E-state index in [-0.39, 0.29) is 12.4 Å². The predicted octanol–water partition coefficient (Wildman–Crippen LogP) is 1.60. The van der Waals surface area contributed by atoms with E-state index < -0.39 is 5.97 Å². The van der Waals surface area contributed by atoms with Crippen LogP contribution in [0.1, 0.15) is 19.3 Å². The molecule has 0 radical (unpaired) electrons. The van der Waals surface area contributed by atoms with Crippen molar-refractivity contribution in [2.45, 2.75) is 19.3 Å². The zero-order valence-electron chi connectivity index (χ0n) is 4.96. The molecule has 1 aliphatic carbocycles. The fraction of sp³-hybridized carbons (Fsp3) is 0.500. The Morgan fingerprint density at radius 1 is 1.67 bits per heavy atom. The Kier molecular flexibility index (Phi) is 3.32.